The Kier molecular flexibility index (Phi) is 4.70. The van der Waals surface area contributed by atoms with Crippen molar-refractivity contribution in [3.8, 4) is 0 Å². The van der Waals surface area contributed by atoms with Gasteiger partial charge in [-0.3, -0.25) is 20.8 Å². The van der Waals surface area contributed by atoms with Crippen LogP contribution in [-0.4, -0.2) is 10.8 Å². The number of amides is 1. The van der Waals surface area contributed by atoms with Crippen molar-refractivity contribution in [2.24, 2.45) is 5.84 Å². The number of nitro groups is 1. The number of hydrogen-bond donors (Lipinski definition) is 3. The number of carbonyl (C=O) groups is 1. The molecule has 0 aliphatic rings. The first-order chi connectivity index (χ1) is 10.0. The van der Waals surface area contributed by atoms with Crippen molar-refractivity contribution >= 4 is 45.6 Å². The van der Waals surface area contributed by atoms with Gasteiger partial charge in [0, 0.05) is 20.9 Å². The van der Waals surface area contributed by atoms with Crippen molar-refractivity contribution < 1.29 is 9.72 Å². The number of nitrogens with zero attached hydrogens (tertiary/aromatic N) is 1. The van der Waals surface area contributed by atoms with Gasteiger partial charge >= 0.3 is 0 Å². The highest BCUT2D eigenvalue weighted by Gasteiger charge is 2.16. The number of carbonyl (C=O) groups excluding carboxylic acids is 1. The lowest BCUT2D eigenvalue weighted by atomic mass is 10.1. The Morgan fingerprint density at radius 2 is 2.00 bits per heavy atom. The molecule has 0 bridgehead atoms. The highest BCUT2D eigenvalue weighted by atomic mass is 127. The molecule has 0 aliphatic heterocycles. The van der Waals surface area contributed by atoms with E-state index in [-0.39, 0.29) is 22.8 Å². The van der Waals surface area contributed by atoms with E-state index in [0.29, 0.717) is 5.69 Å². The molecule has 0 saturated carbocycles. The molecule has 21 heavy (non-hydrogen) atoms. The summed E-state index contributed by atoms with van der Waals surface area (Å²) in [5.41, 5.74) is 3.03. The standard InChI is InChI=1S/C13H11IN4O3/c14-9-2-1-3-10(7-9)16-13(19)8-4-5-12(18(20)21)11(6-8)17-15/h1-7,17H,15H2,(H,16,19). The third-order valence-electron chi connectivity index (χ3n) is 2.69. The molecule has 0 aliphatic carbocycles. The molecule has 2 rings (SSSR count). The monoisotopic (exact) mass is 398 g/mol. The van der Waals surface area contributed by atoms with Crippen LogP contribution in [0.4, 0.5) is 17.1 Å². The van der Waals surface area contributed by atoms with E-state index in [4.69, 9.17) is 5.84 Å². The van der Waals surface area contributed by atoms with Gasteiger partial charge in [-0.15, -0.1) is 0 Å². The molecule has 108 valence electrons. The second-order valence-corrected chi connectivity index (χ2v) is 5.34. The van der Waals surface area contributed by atoms with Gasteiger partial charge in [-0.05, 0) is 52.9 Å². The lowest BCUT2D eigenvalue weighted by Gasteiger charge is -2.07. The summed E-state index contributed by atoms with van der Waals surface area (Å²) in [5, 5.41) is 13.5. The summed E-state index contributed by atoms with van der Waals surface area (Å²) >= 11 is 2.14. The van der Waals surface area contributed by atoms with Gasteiger partial charge in [-0.2, -0.15) is 0 Å². The van der Waals surface area contributed by atoms with Gasteiger partial charge in [0.15, 0.2) is 0 Å². The molecule has 1 amide bonds. The summed E-state index contributed by atoms with van der Waals surface area (Å²) in [4.78, 5) is 22.3. The van der Waals surface area contributed by atoms with E-state index in [1.165, 1.54) is 18.2 Å². The molecule has 7 nitrogen and oxygen atoms in total. The molecule has 0 atom stereocenters. The predicted octanol–water partition coefficient (Wildman–Crippen LogP) is 2.74. The molecule has 0 aromatic heterocycles. The fourth-order valence-electron chi connectivity index (χ4n) is 1.72. The summed E-state index contributed by atoms with van der Waals surface area (Å²) < 4.78 is 0.985. The lowest BCUT2D eigenvalue weighted by molar-refractivity contribution is -0.384. The highest BCUT2D eigenvalue weighted by molar-refractivity contribution is 14.1. The smallest absolute Gasteiger partial charge is 0.293 e. The Labute approximate surface area is 133 Å². The summed E-state index contributed by atoms with van der Waals surface area (Å²) in [6, 6.07) is 11.2. The molecule has 0 radical (unpaired) electrons. The maximum absolute atomic E-state index is 12.1. The van der Waals surface area contributed by atoms with Crippen molar-refractivity contribution in [3.05, 3.63) is 61.7 Å². The fraction of sp³-hybridized carbons (Fsp3) is 0. The maximum Gasteiger partial charge on any atom is 0.293 e. The van der Waals surface area contributed by atoms with Crippen molar-refractivity contribution in [1.82, 2.24) is 0 Å². The zero-order chi connectivity index (χ0) is 15.4. The Morgan fingerprint density at radius 3 is 2.62 bits per heavy atom. The first kappa shape index (κ1) is 15.2. The molecular weight excluding hydrogens is 387 g/mol. The van der Waals surface area contributed by atoms with Crippen LogP contribution in [0.25, 0.3) is 0 Å². The van der Waals surface area contributed by atoms with Gasteiger partial charge in [-0.1, -0.05) is 6.07 Å². The van der Waals surface area contributed by atoms with E-state index in [1.807, 2.05) is 18.2 Å². The molecule has 2 aromatic rings. The molecular formula is C13H11IN4O3. The molecule has 0 heterocycles. The molecule has 0 spiro atoms. The molecule has 0 saturated heterocycles. The van der Waals surface area contributed by atoms with Crippen LogP contribution in [0, 0.1) is 13.7 Å². The van der Waals surface area contributed by atoms with E-state index in [9.17, 15) is 14.9 Å². The van der Waals surface area contributed by atoms with Crippen LogP contribution in [0.2, 0.25) is 0 Å². The number of nitrogens with two attached hydrogens (primary N) is 1. The zero-order valence-corrected chi connectivity index (χ0v) is 12.8. The quantitative estimate of drug-likeness (QED) is 0.318. The minimum absolute atomic E-state index is 0.0790. The van der Waals surface area contributed by atoms with Crippen molar-refractivity contribution in [3.63, 3.8) is 0 Å². The number of hydrogen-bond acceptors (Lipinski definition) is 5. The minimum Gasteiger partial charge on any atom is -0.322 e. The summed E-state index contributed by atoms with van der Waals surface area (Å²) in [6.07, 6.45) is 0. The topological polar surface area (TPSA) is 110 Å². The van der Waals surface area contributed by atoms with E-state index < -0.39 is 4.92 Å². The van der Waals surface area contributed by atoms with Gasteiger partial charge in [0.25, 0.3) is 11.6 Å². The van der Waals surface area contributed by atoms with Crippen molar-refractivity contribution in [2.75, 3.05) is 10.7 Å². The minimum atomic E-state index is -0.573. The summed E-state index contributed by atoms with van der Waals surface area (Å²) in [6.45, 7) is 0. The highest BCUT2D eigenvalue weighted by Crippen LogP contribution is 2.25. The first-order valence-corrected chi connectivity index (χ1v) is 6.91. The van der Waals surface area contributed by atoms with Gasteiger partial charge in [0.05, 0.1) is 4.92 Å². The maximum atomic E-state index is 12.1. The second-order valence-electron chi connectivity index (χ2n) is 4.10. The van der Waals surface area contributed by atoms with Crippen LogP contribution in [0.1, 0.15) is 10.4 Å². The van der Waals surface area contributed by atoms with Gasteiger partial charge in [-0.25, -0.2) is 0 Å². The number of hydrazine groups is 1. The lowest BCUT2D eigenvalue weighted by Crippen LogP contribution is -2.14. The van der Waals surface area contributed by atoms with E-state index >= 15 is 0 Å². The second kappa shape index (κ2) is 6.50. The van der Waals surface area contributed by atoms with Crippen molar-refractivity contribution in [1.29, 1.82) is 0 Å². The van der Waals surface area contributed by atoms with E-state index in [1.54, 1.807) is 6.07 Å². The predicted molar refractivity (Wildman–Crippen MR) is 88.0 cm³/mol. The van der Waals surface area contributed by atoms with Gasteiger partial charge in [0.1, 0.15) is 5.69 Å². The SMILES string of the molecule is NNc1cc(C(=O)Nc2cccc(I)c2)ccc1[N+](=O)[O-]. The van der Waals surface area contributed by atoms with Gasteiger partial charge < -0.3 is 10.7 Å². The third kappa shape index (κ3) is 3.67. The van der Waals surface area contributed by atoms with Crippen LogP contribution in [0.3, 0.4) is 0 Å². The normalized spacial score (nSPS) is 10.0. The third-order valence-corrected chi connectivity index (χ3v) is 3.36. The summed E-state index contributed by atoms with van der Waals surface area (Å²) in [7, 11) is 0. The molecule has 4 N–H and O–H groups in total. The van der Waals surface area contributed by atoms with E-state index in [2.05, 4.69) is 33.3 Å². The first-order valence-electron chi connectivity index (χ1n) is 5.83. The number of halogens is 1. The summed E-state index contributed by atoms with van der Waals surface area (Å²) in [5.74, 6) is 4.87. The zero-order valence-electron chi connectivity index (χ0n) is 10.7. The van der Waals surface area contributed by atoms with E-state index in [0.717, 1.165) is 3.57 Å². The number of benzene rings is 2. The molecule has 2 aromatic carbocycles. The Morgan fingerprint density at radius 1 is 1.24 bits per heavy atom. The van der Waals surface area contributed by atoms with Crippen LogP contribution >= 0.6 is 22.6 Å². The number of anilines is 2. The Bertz CT molecular complexity index is 706. The average molecular weight is 398 g/mol. The van der Waals surface area contributed by atoms with Crippen molar-refractivity contribution in [2.45, 2.75) is 0 Å². The number of nitrogens with one attached hydrogen (secondary N) is 2. The Balaban J connectivity index is 2.25. The van der Waals surface area contributed by atoms with Crippen LogP contribution < -0.4 is 16.6 Å². The van der Waals surface area contributed by atoms with Crippen LogP contribution in [0.15, 0.2) is 42.5 Å². The molecule has 0 unspecified atom stereocenters. The number of nitrogen functional groups attached to an aromatic ring is 1. The molecule has 0 fully saturated rings. The fourth-order valence-corrected chi connectivity index (χ4v) is 2.26. The molecule has 8 heteroatoms. The largest absolute Gasteiger partial charge is 0.322 e. The number of nitro benzene ring substituents is 1. The van der Waals surface area contributed by atoms with Gasteiger partial charge in [0.2, 0.25) is 0 Å². The number of rotatable bonds is 4. The van der Waals surface area contributed by atoms with Crippen LogP contribution in [0.5, 0.6) is 0 Å². The Hall–Kier alpha value is -2.20. The average Bonchev–Trinajstić information content (AvgIpc) is 2.46. The van der Waals surface area contributed by atoms with Crippen LogP contribution in [-0.2, 0) is 0 Å².